The van der Waals surface area contributed by atoms with Crippen LogP contribution in [0, 0.1) is 0 Å². The molecule has 3 atom stereocenters. The van der Waals surface area contributed by atoms with E-state index in [9.17, 15) is 14.4 Å². The highest BCUT2D eigenvalue weighted by Crippen LogP contribution is 2.15. The third-order valence-corrected chi connectivity index (χ3v) is 8.48. The zero-order valence-corrected chi connectivity index (χ0v) is 26.0. The highest BCUT2D eigenvalue weighted by molar-refractivity contribution is 7.09. The van der Waals surface area contributed by atoms with Crippen LogP contribution >= 0.6 is 11.3 Å². The van der Waals surface area contributed by atoms with E-state index in [1.807, 2.05) is 60.7 Å². The summed E-state index contributed by atoms with van der Waals surface area (Å²) >= 11 is 1.43. The van der Waals surface area contributed by atoms with Gasteiger partial charge >= 0.3 is 12.1 Å². The van der Waals surface area contributed by atoms with E-state index in [0.29, 0.717) is 45.2 Å². The summed E-state index contributed by atoms with van der Waals surface area (Å²) in [7, 11) is 0. The average molecular weight is 621 g/mol. The third-order valence-electron chi connectivity index (χ3n) is 7.72. The Morgan fingerprint density at radius 1 is 0.841 bits per heavy atom. The van der Waals surface area contributed by atoms with Gasteiger partial charge in [0.1, 0.15) is 12.6 Å². The Morgan fingerprint density at radius 3 is 2.02 bits per heavy atom. The smallest absolute Gasteiger partial charge is 0.407 e. The predicted molar refractivity (Wildman–Crippen MR) is 172 cm³/mol. The number of urea groups is 1. The number of nitrogens with one attached hydrogen (secondary N) is 3. The number of aromatic nitrogens is 1. The molecule has 0 aliphatic carbocycles. The molecule has 44 heavy (non-hydrogen) atoms. The summed E-state index contributed by atoms with van der Waals surface area (Å²) < 4.78 is 5.46. The van der Waals surface area contributed by atoms with E-state index in [2.05, 4.69) is 20.9 Å². The van der Waals surface area contributed by atoms with Crippen molar-refractivity contribution in [3.63, 3.8) is 0 Å². The van der Waals surface area contributed by atoms with Gasteiger partial charge in [0.15, 0.2) is 0 Å². The van der Waals surface area contributed by atoms with Gasteiger partial charge in [0.25, 0.3) is 0 Å². The van der Waals surface area contributed by atoms with Crippen molar-refractivity contribution in [2.45, 2.75) is 76.1 Å². The van der Waals surface area contributed by atoms with E-state index in [1.165, 1.54) is 11.3 Å². The van der Waals surface area contributed by atoms with Crippen molar-refractivity contribution < 1.29 is 19.1 Å². The van der Waals surface area contributed by atoms with E-state index in [-0.39, 0.29) is 37.2 Å². The number of ether oxygens (including phenoxy) is 1. The summed E-state index contributed by atoms with van der Waals surface area (Å²) in [6.07, 6.45) is 7.01. The number of piperidine rings is 1. The molecule has 3 aromatic rings. The number of amides is 4. The molecule has 236 valence electrons. The van der Waals surface area contributed by atoms with Gasteiger partial charge in [-0.1, -0.05) is 60.7 Å². The average Bonchev–Trinajstić information content (AvgIpc) is 3.57. The Hall–Kier alpha value is -3.96. The molecule has 4 rings (SSSR count). The van der Waals surface area contributed by atoms with Crippen LogP contribution in [0.15, 0.2) is 72.4 Å². The zero-order chi connectivity index (χ0) is 31.0. The zero-order valence-electron chi connectivity index (χ0n) is 25.2. The number of hydrogen-bond acceptors (Lipinski definition) is 7. The lowest BCUT2D eigenvalue weighted by molar-refractivity contribution is -0.123. The van der Waals surface area contributed by atoms with E-state index in [0.717, 1.165) is 35.3 Å². The van der Waals surface area contributed by atoms with Crippen LogP contribution in [-0.2, 0) is 29.0 Å². The Balaban J connectivity index is 1.42. The molecule has 11 heteroatoms. The first-order valence-corrected chi connectivity index (χ1v) is 16.3. The summed E-state index contributed by atoms with van der Waals surface area (Å²) in [6, 6.07) is 18.5. The van der Waals surface area contributed by atoms with E-state index in [1.54, 1.807) is 16.6 Å². The number of hydrogen-bond donors (Lipinski definition) is 4. The molecule has 0 radical (unpaired) electrons. The number of nitrogens with zero attached hydrogens (tertiary/aromatic N) is 2. The maximum atomic E-state index is 13.6. The maximum Gasteiger partial charge on any atom is 0.407 e. The van der Waals surface area contributed by atoms with Gasteiger partial charge in [-0.25, -0.2) is 9.59 Å². The Morgan fingerprint density at radius 2 is 1.45 bits per heavy atom. The fourth-order valence-corrected chi connectivity index (χ4v) is 5.89. The Labute approximate surface area is 263 Å². The molecule has 0 bridgehead atoms. The Bertz CT molecular complexity index is 1270. The molecule has 1 aliphatic rings. The van der Waals surface area contributed by atoms with E-state index < -0.39 is 12.1 Å². The molecular weight excluding hydrogens is 576 g/mol. The molecule has 2 aromatic carbocycles. The molecular formula is C33H44N6O4S. The van der Waals surface area contributed by atoms with Crippen molar-refractivity contribution in [3.8, 4) is 0 Å². The third kappa shape index (κ3) is 11.3. The van der Waals surface area contributed by atoms with Crippen molar-refractivity contribution in [1.82, 2.24) is 25.8 Å². The largest absolute Gasteiger partial charge is 0.444 e. The van der Waals surface area contributed by atoms with Gasteiger partial charge < -0.3 is 31.3 Å². The summed E-state index contributed by atoms with van der Waals surface area (Å²) in [5.74, 6) is -0.252. The lowest BCUT2D eigenvalue weighted by Gasteiger charge is -2.30. The van der Waals surface area contributed by atoms with Gasteiger partial charge in [0.05, 0.1) is 10.4 Å². The minimum Gasteiger partial charge on any atom is -0.444 e. The second-order valence-electron chi connectivity index (χ2n) is 11.2. The number of carbonyl (C=O) groups is 3. The molecule has 2 heterocycles. The molecule has 1 fully saturated rings. The number of nitrogens with two attached hydrogens (primary N) is 1. The summed E-state index contributed by atoms with van der Waals surface area (Å²) in [4.78, 5) is 45.9. The number of benzene rings is 2. The van der Waals surface area contributed by atoms with Crippen LogP contribution in [0.1, 0.15) is 54.5 Å². The Kier molecular flexibility index (Phi) is 13.5. The first-order chi connectivity index (χ1) is 21.5. The first-order valence-electron chi connectivity index (χ1n) is 15.4. The van der Waals surface area contributed by atoms with Crippen LogP contribution in [0.3, 0.4) is 0 Å². The lowest BCUT2D eigenvalue weighted by Crippen LogP contribution is -2.54. The predicted octanol–water partition coefficient (Wildman–Crippen LogP) is 4.40. The standard InChI is InChI=1S/C33H44N6O4S/c34-17-16-30(38-32(41)39-18-8-3-9-19-39)31(40)36-27(20-25-10-4-1-5-11-25)14-15-28(21-26-12-6-2-7-13-26)37-33(42)43-23-29-22-35-24-44-29/h1-2,4-7,10-13,22,24,27-28,30H,3,8-9,14-21,23,34H2,(H,36,40)(H,37,42)(H,38,41)/t27-,28-,30+/m1/s1. The van der Waals surface area contributed by atoms with E-state index >= 15 is 0 Å². The van der Waals surface area contributed by atoms with Crippen molar-refractivity contribution in [2.75, 3.05) is 19.6 Å². The lowest BCUT2D eigenvalue weighted by atomic mass is 9.95. The number of alkyl carbamates (subject to hydrolysis) is 1. The highest BCUT2D eigenvalue weighted by atomic mass is 32.1. The van der Waals surface area contributed by atoms with Crippen LogP contribution in [0.25, 0.3) is 0 Å². The summed E-state index contributed by atoms with van der Waals surface area (Å²) in [5, 5.41) is 9.16. The van der Waals surface area contributed by atoms with Crippen molar-refractivity contribution in [1.29, 1.82) is 0 Å². The van der Waals surface area contributed by atoms with Gasteiger partial charge in [0.2, 0.25) is 5.91 Å². The fourth-order valence-electron chi connectivity index (χ4n) is 5.38. The van der Waals surface area contributed by atoms with Crippen LogP contribution < -0.4 is 21.7 Å². The van der Waals surface area contributed by atoms with Crippen LogP contribution in [0.5, 0.6) is 0 Å². The quantitative estimate of drug-likeness (QED) is 0.199. The molecule has 5 N–H and O–H groups in total. The molecule has 1 aliphatic heterocycles. The number of carbonyl (C=O) groups excluding carboxylic acids is 3. The van der Waals surface area contributed by atoms with Gasteiger partial charge in [-0.15, -0.1) is 11.3 Å². The monoisotopic (exact) mass is 620 g/mol. The van der Waals surface area contributed by atoms with Crippen LogP contribution in [-0.4, -0.2) is 65.7 Å². The molecule has 0 saturated carbocycles. The fraction of sp³-hybridized carbons (Fsp3) is 0.455. The number of rotatable bonds is 15. The number of likely N-dealkylation sites (tertiary alicyclic amines) is 1. The molecule has 1 aromatic heterocycles. The second-order valence-corrected chi connectivity index (χ2v) is 12.1. The van der Waals surface area contributed by atoms with Crippen molar-refractivity contribution in [3.05, 3.63) is 88.4 Å². The van der Waals surface area contributed by atoms with Gasteiger partial charge in [0, 0.05) is 31.4 Å². The van der Waals surface area contributed by atoms with Gasteiger partial charge in [-0.2, -0.15) is 0 Å². The minimum atomic E-state index is -0.729. The maximum absolute atomic E-state index is 13.6. The van der Waals surface area contributed by atoms with Crippen LogP contribution in [0.2, 0.25) is 0 Å². The SMILES string of the molecule is NCC[C@H](NC(=O)N1CCCCC1)C(=O)N[C@H](CC[C@H](Cc1ccccc1)NC(=O)OCc1cncs1)Cc1ccccc1. The molecule has 0 spiro atoms. The highest BCUT2D eigenvalue weighted by Gasteiger charge is 2.26. The molecule has 1 saturated heterocycles. The van der Waals surface area contributed by atoms with Crippen LogP contribution in [0.4, 0.5) is 9.59 Å². The van der Waals surface area contributed by atoms with Crippen molar-refractivity contribution >= 4 is 29.4 Å². The number of thiazole rings is 1. The van der Waals surface area contributed by atoms with Crippen molar-refractivity contribution in [2.24, 2.45) is 5.73 Å². The molecule has 4 amide bonds. The van der Waals surface area contributed by atoms with Gasteiger partial charge in [-0.05, 0) is 69.0 Å². The van der Waals surface area contributed by atoms with Gasteiger partial charge in [-0.3, -0.25) is 9.78 Å². The second kappa shape index (κ2) is 18.0. The minimum absolute atomic E-state index is 0.160. The molecule has 10 nitrogen and oxygen atoms in total. The topological polar surface area (TPSA) is 139 Å². The first kappa shape index (κ1) is 32.9. The molecule has 0 unspecified atom stereocenters. The summed E-state index contributed by atoms with van der Waals surface area (Å²) in [5.41, 5.74) is 9.73. The summed E-state index contributed by atoms with van der Waals surface area (Å²) in [6.45, 7) is 1.82. The van der Waals surface area contributed by atoms with E-state index in [4.69, 9.17) is 10.5 Å². The normalized spacial score (nSPS) is 15.1.